The molecule has 0 aromatic heterocycles. The van der Waals surface area contributed by atoms with E-state index in [-0.39, 0.29) is 11.4 Å². The monoisotopic (exact) mass is 293 g/mol. The van der Waals surface area contributed by atoms with E-state index in [1.165, 1.54) is 18.6 Å². The second-order valence-corrected chi connectivity index (χ2v) is 6.38. The first kappa shape index (κ1) is 14.8. The molecule has 0 aliphatic carbocycles. The van der Waals surface area contributed by atoms with E-state index < -0.39 is 6.10 Å². The summed E-state index contributed by atoms with van der Waals surface area (Å²) in [7, 11) is 0. The van der Waals surface area contributed by atoms with Gasteiger partial charge in [-0.05, 0) is 57.0 Å². The molecule has 1 spiro atoms. The summed E-state index contributed by atoms with van der Waals surface area (Å²) < 4.78 is 19.6. The van der Waals surface area contributed by atoms with Crippen molar-refractivity contribution in [2.24, 2.45) is 0 Å². The van der Waals surface area contributed by atoms with Gasteiger partial charge in [0.2, 0.25) is 0 Å². The summed E-state index contributed by atoms with van der Waals surface area (Å²) in [4.78, 5) is 2.48. The molecule has 1 saturated heterocycles. The molecule has 2 aliphatic heterocycles. The van der Waals surface area contributed by atoms with Crippen LogP contribution in [0, 0.1) is 5.82 Å². The van der Waals surface area contributed by atoms with Crippen LogP contribution in [0.15, 0.2) is 18.2 Å². The lowest BCUT2D eigenvalue weighted by Crippen LogP contribution is -2.42. The number of ether oxygens (including phenoxy) is 1. The molecule has 0 saturated carbocycles. The van der Waals surface area contributed by atoms with Crippen molar-refractivity contribution in [3.05, 3.63) is 29.6 Å². The van der Waals surface area contributed by atoms with E-state index >= 15 is 0 Å². The van der Waals surface area contributed by atoms with Crippen LogP contribution in [0.1, 0.15) is 50.7 Å². The van der Waals surface area contributed by atoms with E-state index in [0.29, 0.717) is 17.7 Å². The second kappa shape index (κ2) is 5.93. The lowest BCUT2D eigenvalue weighted by molar-refractivity contribution is -0.0241. The van der Waals surface area contributed by atoms with E-state index in [4.69, 9.17) is 4.74 Å². The highest BCUT2D eigenvalue weighted by molar-refractivity contribution is 5.38. The fraction of sp³-hybridized carbons (Fsp3) is 0.647. The SMILES string of the molecule is CCCN1CCCC2(CC1)C[C@@H](O)c1cc(F)ccc1O2. The van der Waals surface area contributed by atoms with Gasteiger partial charge in [0.25, 0.3) is 0 Å². The quantitative estimate of drug-likeness (QED) is 0.908. The molecule has 0 bridgehead atoms. The molecule has 1 unspecified atom stereocenters. The van der Waals surface area contributed by atoms with Gasteiger partial charge in [0.05, 0.1) is 6.10 Å². The maximum Gasteiger partial charge on any atom is 0.126 e. The zero-order valence-corrected chi connectivity index (χ0v) is 12.6. The van der Waals surface area contributed by atoms with Gasteiger partial charge in [-0.25, -0.2) is 4.39 Å². The Bertz CT molecular complexity index is 508. The van der Waals surface area contributed by atoms with Crippen LogP contribution in [0.5, 0.6) is 5.75 Å². The zero-order valence-electron chi connectivity index (χ0n) is 12.6. The average Bonchev–Trinajstić information content (AvgIpc) is 2.64. The summed E-state index contributed by atoms with van der Waals surface area (Å²) in [5, 5.41) is 10.4. The largest absolute Gasteiger partial charge is 0.487 e. The summed E-state index contributed by atoms with van der Waals surface area (Å²) in [6.07, 6.45) is 4.09. The van der Waals surface area contributed by atoms with Gasteiger partial charge in [-0.2, -0.15) is 0 Å². The minimum atomic E-state index is -0.623. The predicted octanol–water partition coefficient (Wildman–Crippen LogP) is 3.28. The molecule has 1 N–H and O–H groups in total. The Kier molecular flexibility index (Phi) is 4.18. The van der Waals surface area contributed by atoms with E-state index in [0.717, 1.165) is 38.9 Å². The number of rotatable bonds is 2. The maximum atomic E-state index is 13.3. The molecule has 2 atom stereocenters. The summed E-state index contributed by atoms with van der Waals surface area (Å²) in [6, 6.07) is 4.46. The van der Waals surface area contributed by atoms with Gasteiger partial charge in [-0.15, -0.1) is 0 Å². The smallest absolute Gasteiger partial charge is 0.126 e. The molecular weight excluding hydrogens is 269 g/mol. The zero-order chi connectivity index (χ0) is 14.9. The van der Waals surface area contributed by atoms with Crippen molar-refractivity contribution >= 4 is 0 Å². The molecule has 1 fully saturated rings. The van der Waals surface area contributed by atoms with Crippen molar-refractivity contribution in [3.8, 4) is 5.75 Å². The minimum absolute atomic E-state index is 0.285. The molecule has 116 valence electrons. The summed E-state index contributed by atoms with van der Waals surface area (Å²) in [5.41, 5.74) is 0.308. The van der Waals surface area contributed by atoms with Gasteiger partial charge in [-0.3, -0.25) is 0 Å². The fourth-order valence-corrected chi connectivity index (χ4v) is 3.68. The molecule has 1 aromatic carbocycles. The molecule has 4 heteroatoms. The predicted molar refractivity (Wildman–Crippen MR) is 79.9 cm³/mol. The number of hydrogen-bond acceptors (Lipinski definition) is 3. The Hall–Kier alpha value is -1.13. The standard InChI is InChI=1S/C17H24FNO2/c1-2-8-19-9-3-6-17(7-10-19)12-15(20)14-11-13(18)4-5-16(14)21-17/h4-5,11,15,20H,2-3,6-10,12H2,1H3/t15-,17?/m1/s1. The normalized spacial score (nSPS) is 29.8. The third-order valence-electron chi connectivity index (χ3n) is 4.75. The van der Waals surface area contributed by atoms with Crippen molar-refractivity contribution in [2.75, 3.05) is 19.6 Å². The number of nitrogens with zero attached hydrogens (tertiary/aromatic N) is 1. The van der Waals surface area contributed by atoms with Crippen molar-refractivity contribution in [1.29, 1.82) is 0 Å². The molecule has 0 radical (unpaired) electrons. The number of aliphatic hydroxyl groups excluding tert-OH is 1. The van der Waals surface area contributed by atoms with Crippen LogP contribution in [0.4, 0.5) is 4.39 Å². The molecule has 2 aliphatic rings. The van der Waals surface area contributed by atoms with Crippen molar-refractivity contribution in [3.63, 3.8) is 0 Å². The summed E-state index contributed by atoms with van der Waals surface area (Å²) in [5.74, 6) is 0.335. The number of hydrogen-bond donors (Lipinski definition) is 1. The Morgan fingerprint density at radius 2 is 2.24 bits per heavy atom. The Labute approximate surface area is 125 Å². The van der Waals surface area contributed by atoms with Crippen molar-refractivity contribution in [1.82, 2.24) is 4.90 Å². The fourth-order valence-electron chi connectivity index (χ4n) is 3.68. The van der Waals surface area contributed by atoms with E-state index in [1.807, 2.05) is 0 Å². The molecule has 3 nitrogen and oxygen atoms in total. The molecule has 1 aromatic rings. The van der Waals surface area contributed by atoms with Crippen LogP contribution in [0.2, 0.25) is 0 Å². The second-order valence-electron chi connectivity index (χ2n) is 6.38. The van der Waals surface area contributed by atoms with E-state index in [2.05, 4.69) is 11.8 Å². The third-order valence-corrected chi connectivity index (χ3v) is 4.75. The number of benzene rings is 1. The van der Waals surface area contributed by atoms with Gasteiger partial charge >= 0.3 is 0 Å². The average molecular weight is 293 g/mol. The molecule has 3 rings (SSSR count). The number of fused-ring (bicyclic) bond motifs is 1. The van der Waals surface area contributed by atoms with E-state index in [9.17, 15) is 9.50 Å². The highest BCUT2D eigenvalue weighted by Crippen LogP contribution is 2.44. The maximum absolute atomic E-state index is 13.3. The van der Waals surface area contributed by atoms with E-state index in [1.54, 1.807) is 6.07 Å². The first-order chi connectivity index (χ1) is 10.1. The van der Waals surface area contributed by atoms with Crippen LogP contribution >= 0.6 is 0 Å². The molecule has 2 heterocycles. The molecule has 0 amide bonds. The lowest BCUT2D eigenvalue weighted by Gasteiger charge is -2.40. The van der Waals surface area contributed by atoms with Crippen LogP contribution in [-0.2, 0) is 0 Å². The Morgan fingerprint density at radius 1 is 1.38 bits per heavy atom. The topological polar surface area (TPSA) is 32.7 Å². The Balaban J connectivity index is 1.79. The Morgan fingerprint density at radius 3 is 3.05 bits per heavy atom. The number of aliphatic hydroxyl groups is 1. The molecule has 21 heavy (non-hydrogen) atoms. The van der Waals surface area contributed by atoms with Gasteiger partial charge in [0, 0.05) is 18.5 Å². The highest BCUT2D eigenvalue weighted by atomic mass is 19.1. The van der Waals surface area contributed by atoms with Crippen molar-refractivity contribution < 1.29 is 14.2 Å². The van der Waals surface area contributed by atoms with Gasteiger partial charge in [-0.1, -0.05) is 6.92 Å². The highest BCUT2D eigenvalue weighted by Gasteiger charge is 2.41. The lowest BCUT2D eigenvalue weighted by atomic mass is 9.83. The minimum Gasteiger partial charge on any atom is -0.487 e. The first-order valence-electron chi connectivity index (χ1n) is 8.01. The van der Waals surface area contributed by atoms with Gasteiger partial charge in [0.15, 0.2) is 0 Å². The van der Waals surface area contributed by atoms with Crippen LogP contribution in [0.25, 0.3) is 0 Å². The summed E-state index contributed by atoms with van der Waals surface area (Å²) >= 11 is 0. The van der Waals surface area contributed by atoms with Crippen LogP contribution in [0.3, 0.4) is 0 Å². The first-order valence-corrected chi connectivity index (χ1v) is 8.01. The molecular formula is C17H24FNO2. The van der Waals surface area contributed by atoms with Crippen LogP contribution < -0.4 is 4.74 Å². The summed E-state index contributed by atoms with van der Waals surface area (Å²) in [6.45, 7) is 5.44. The van der Waals surface area contributed by atoms with Crippen molar-refractivity contribution in [2.45, 2.75) is 50.7 Å². The third kappa shape index (κ3) is 3.06. The van der Waals surface area contributed by atoms with Gasteiger partial charge < -0.3 is 14.7 Å². The van der Waals surface area contributed by atoms with Gasteiger partial charge in [0.1, 0.15) is 17.2 Å². The number of likely N-dealkylation sites (tertiary alicyclic amines) is 1. The number of halogens is 1. The van der Waals surface area contributed by atoms with Crippen LogP contribution in [-0.4, -0.2) is 35.2 Å².